The molecule has 1 N–H and O–H groups in total. The van der Waals surface area contributed by atoms with Gasteiger partial charge in [-0.1, -0.05) is 12.1 Å². The fourth-order valence-electron chi connectivity index (χ4n) is 3.34. The Labute approximate surface area is 174 Å². The molecule has 1 aromatic carbocycles. The Morgan fingerprint density at radius 1 is 1.33 bits per heavy atom. The largest absolute Gasteiger partial charge is 0.497 e. The quantitative estimate of drug-likeness (QED) is 0.660. The smallest absolute Gasteiger partial charge is 0.245 e. The highest BCUT2D eigenvalue weighted by molar-refractivity contribution is 5.85. The summed E-state index contributed by atoms with van der Waals surface area (Å²) in [5.74, 6) is 1.91. The van der Waals surface area contributed by atoms with Gasteiger partial charge in [0.25, 0.3) is 0 Å². The van der Waals surface area contributed by atoms with Crippen molar-refractivity contribution >= 4 is 11.7 Å². The second-order valence-electron chi connectivity index (χ2n) is 7.00. The predicted molar refractivity (Wildman–Crippen MR) is 111 cm³/mol. The van der Waals surface area contributed by atoms with E-state index >= 15 is 0 Å². The molecule has 1 atom stereocenters. The zero-order valence-corrected chi connectivity index (χ0v) is 17.0. The normalized spacial score (nSPS) is 16.3. The summed E-state index contributed by atoms with van der Waals surface area (Å²) >= 11 is 0. The van der Waals surface area contributed by atoms with Crippen LogP contribution in [0.15, 0.2) is 49.2 Å². The number of ether oxygens (including phenoxy) is 2. The number of morpholine rings is 1. The van der Waals surface area contributed by atoms with Crippen LogP contribution in [0.25, 0.3) is 5.95 Å². The molecule has 0 spiro atoms. The number of imidazole rings is 1. The van der Waals surface area contributed by atoms with Gasteiger partial charge in [-0.15, -0.1) is 0 Å². The molecule has 9 nitrogen and oxygen atoms in total. The zero-order chi connectivity index (χ0) is 20.9. The van der Waals surface area contributed by atoms with Gasteiger partial charge >= 0.3 is 0 Å². The van der Waals surface area contributed by atoms with Gasteiger partial charge < -0.3 is 19.7 Å². The molecular weight excluding hydrogens is 384 g/mol. The third-order valence-corrected chi connectivity index (χ3v) is 5.00. The van der Waals surface area contributed by atoms with Gasteiger partial charge in [0, 0.05) is 37.2 Å². The maximum Gasteiger partial charge on any atom is 0.245 e. The van der Waals surface area contributed by atoms with E-state index in [0.717, 1.165) is 22.7 Å². The number of carbonyl (C=O) groups excluding carboxylic acids is 1. The van der Waals surface area contributed by atoms with Crippen LogP contribution in [-0.2, 0) is 16.1 Å². The van der Waals surface area contributed by atoms with E-state index in [0.29, 0.717) is 32.3 Å². The fraction of sp³-hybridized carbons (Fsp3) is 0.333. The molecule has 3 aromatic rings. The molecule has 0 bridgehead atoms. The first-order chi connectivity index (χ1) is 14.7. The first-order valence-electron chi connectivity index (χ1n) is 9.72. The maximum absolute atomic E-state index is 13.0. The Morgan fingerprint density at radius 2 is 2.17 bits per heavy atom. The van der Waals surface area contributed by atoms with E-state index in [4.69, 9.17) is 14.5 Å². The Bertz CT molecular complexity index is 990. The highest BCUT2D eigenvalue weighted by Gasteiger charge is 2.31. The van der Waals surface area contributed by atoms with Gasteiger partial charge in [-0.3, -0.25) is 9.36 Å². The van der Waals surface area contributed by atoms with Gasteiger partial charge in [0.05, 0.1) is 20.3 Å². The number of hydrogen-bond donors (Lipinski definition) is 1. The van der Waals surface area contributed by atoms with Gasteiger partial charge in [-0.05, 0) is 24.6 Å². The van der Waals surface area contributed by atoms with E-state index in [-0.39, 0.29) is 5.91 Å². The van der Waals surface area contributed by atoms with E-state index in [1.807, 2.05) is 36.1 Å². The lowest BCUT2D eigenvalue weighted by Crippen LogP contribution is -2.54. The van der Waals surface area contributed by atoms with Crippen LogP contribution in [0.3, 0.4) is 0 Å². The predicted octanol–water partition coefficient (Wildman–Crippen LogP) is 1.50. The molecule has 0 saturated carbocycles. The average molecular weight is 408 g/mol. The highest BCUT2D eigenvalue weighted by Crippen LogP contribution is 2.22. The minimum absolute atomic E-state index is 0.104. The second kappa shape index (κ2) is 8.91. The van der Waals surface area contributed by atoms with Crippen molar-refractivity contribution in [3.05, 3.63) is 60.3 Å². The van der Waals surface area contributed by atoms with Crippen molar-refractivity contribution in [1.29, 1.82) is 0 Å². The number of aromatic nitrogens is 4. The SMILES string of the molecule is COc1ccc(CNC(=O)C2COCCN2c2nc(-n3ccnc3)ncc2C)cc1. The lowest BCUT2D eigenvalue weighted by Gasteiger charge is -2.36. The minimum Gasteiger partial charge on any atom is -0.497 e. The standard InChI is InChI=1S/C21H24N6O3/c1-15-11-24-21(26-8-7-22-14-26)25-19(15)27-9-10-30-13-18(27)20(28)23-12-16-3-5-17(29-2)6-4-16/h3-8,11,14,18H,9-10,12-13H2,1-2H3,(H,23,28). The number of anilines is 1. The van der Waals surface area contributed by atoms with Crippen molar-refractivity contribution < 1.29 is 14.3 Å². The minimum atomic E-state index is -0.471. The molecule has 4 rings (SSSR count). The first-order valence-corrected chi connectivity index (χ1v) is 9.72. The van der Waals surface area contributed by atoms with Crippen LogP contribution < -0.4 is 15.0 Å². The molecule has 1 unspecified atom stereocenters. The van der Waals surface area contributed by atoms with Gasteiger partial charge in [0.15, 0.2) is 0 Å². The number of nitrogens with one attached hydrogen (secondary N) is 1. The van der Waals surface area contributed by atoms with Crippen LogP contribution in [0, 0.1) is 6.92 Å². The molecule has 30 heavy (non-hydrogen) atoms. The van der Waals surface area contributed by atoms with E-state index in [1.54, 1.807) is 36.6 Å². The molecule has 9 heteroatoms. The summed E-state index contributed by atoms with van der Waals surface area (Å²) in [6.07, 6.45) is 6.87. The number of hydrogen-bond acceptors (Lipinski definition) is 7. The van der Waals surface area contributed by atoms with Gasteiger partial charge in [-0.2, -0.15) is 4.98 Å². The van der Waals surface area contributed by atoms with Crippen molar-refractivity contribution in [2.45, 2.75) is 19.5 Å². The highest BCUT2D eigenvalue weighted by atomic mass is 16.5. The Kier molecular flexibility index (Phi) is 5.89. The van der Waals surface area contributed by atoms with Crippen molar-refractivity contribution in [2.75, 3.05) is 31.8 Å². The summed E-state index contributed by atoms with van der Waals surface area (Å²) < 4.78 is 12.5. The number of nitrogens with zero attached hydrogens (tertiary/aromatic N) is 5. The monoisotopic (exact) mass is 408 g/mol. The number of benzene rings is 1. The summed E-state index contributed by atoms with van der Waals surface area (Å²) in [6.45, 7) is 3.78. The van der Waals surface area contributed by atoms with Crippen LogP contribution in [0.4, 0.5) is 5.82 Å². The van der Waals surface area contributed by atoms with Gasteiger partial charge in [0.1, 0.15) is 23.9 Å². The Hall–Kier alpha value is -3.46. The van der Waals surface area contributed by atoms with Crippen molar-refractivity contribution in [3.8, 4) is 11.7 Å². The molecule has 1 aliphatic rings. The third-order valence-electron chi connectivity index (χ3n) is 5.00. The maximum atomic E-state index is 13.0. The van der Waals surface area contributed by atoms with Gasteiger partial charge in [-0.25, -0.2) is 9.97 Å². The fourth-order valence-corrected chi connectivity index (χ4v) is 3.34. The lowest BCUT2D eigenvalue weighted by molar-refractivity contribution is -0.124. The number of aryl methyl sites for hydroxylation is 1. The molecular formula is C21H24N6O3. The lowest BCUT2D eigenvalue weighted by atomic mass is 10.1. The second-order valence-corrected chi connectivity index (χ2v) is 7.00. The van der Waals surface area contributed by atoms with Crippen LogP contribution in [0.2, 0.25) is 0 Å². The molecule has 1 fully saturated rings. The first kappa shape index (κ1) is 19.8. The van der Waals surface area contributed by atoms with Crippen LogP contribution >= 0.6 is 0 Å². The molecule has 2 aromatic heterocycles. The van der Waals surface area contributed by atoms with Crippen LogP contribution in [0.5, 0.6) is 5.75 Å². The number of methoxy groups -OCH3 is 1. The van der Waals surface area contributed by atoms with Gasteiger partial charge in [0.2, 0.25) is 11.9 Å². The van der Waals surface area contributed by atoms with Crippen LogP contribution in [-0.4, -0.2) is 58.3 Å². The summed E-state index contributed by atoms with van der Waals surface area (Å²) in [4.78, 5) is 28.1. The Morgan fingerprint density at radius 3 is 2.90 bits per heavy atom. The van der Waals surface area contributed by atoms with Crippen molar-refractivity contribution in [2.24, 2.45) is 0 Å². The summed E-state index contributed by atoms with van der Waals surface area (Å²) in [5.41, 5.74) is 1.89. The summed E-state index contributed by atoms with van der Waals surface area (Å²) in [6, 6.07) is 7.14. The van der Waals surface area contributed by atoms with E-state index < -0.39 is 6.04 Å². The zero-order valence-electron chi connectivity index (χ0n) is 17.0. The molecule has 1 saturated heterocycles. The number of rotatable bonds is 6. The molecule has 3 heterocycles. The summed E-state index contributed by atoms with van der Waals surface area (Å²) in [7, 11) is 1.63. The number of amides is 1. The topological polar surface area (TPSA) is 94.4 Å². The third kappa shape index (κ3) is 4.25. The molecule has 156 valence electrons. The molecule has 1 amide bonds. The number of carbonyl (C=O) groups is 1. The van der Waals surface area contributed by atoms with E-state index in [2.05, 4.69) is 15.3 Å². The van der Waals surface area contributed by atoms with E-state index in [1.165, 1.54) is 0 Å². The Balaban J connectivity index is 1.51. The van der Waals surface area contributed by atoms with Crippen molar-refractivity contribution in [1.82, 2.24) is 24.8 Å². The molecule has 0 radical (unpaired) electrons. The molecule has 0 aliphatic carbocycles. The van der Waals surface area contributed by atoms with Crippen LogP contribution in [0.1, 0.15) is 11.1 Å². The van der Waals surface area contributed by atoms with E-state index in [9.17, 15) is 4.79 Å². The van der Waals surface area contributed by atoms with Crippen molar-refractivity contribution in [3.63, 3.8) is 0 Å². The average Bonchev–Trinajstić information content (AvgIpc) is 3.33. The molecule has 1 aliphatic heterocycles. The summed E-state index contributed by atoms with van der Waals surface area (Å²) in [5, 5.41) is 3.01.